The van der Waals surface area contributed by atoms with Gasteiger partial charge in [-0.1, -0.05) is 23.7 Å². The minimum Gasteiger partial charge on any atom is -0.279 e. The minimum absolute atomic E-state index is 0.138. The van der Waals surface area contributed by atoms with E-state index in [9.17, 15) is 18.5 Å². The van der Waals surface area contributed by atoms with Crippen molar-refractivity contribution in [1.29, 1.82) is 0 Å². The Morgan fingerprint density at radius 1 is 1.09 bits per heavy atom. The van der Waals surface area contributed by atoms with E-state index in [1.54, 1.807) is 26.0 Å². The molecule has 1 N–H and O–H groups in total. The molecule has 2 aromatic rings. The molecule has 0 saturated carbocycles. The number of benzene rings is 2. The molecule has 0 aliphatic rings. The molecule has 0 aromatic heterocycles. The standard InChI is InChI=1S/C14H13ClN2O4S/c1-9-3-5-11(15)7-13(9)16-22(20,21)14-8-12(17(18)19)6-4-10(14)2/h3-8,16H,1-2H3. The van der Waals surface area contributed by atoms with Gasteiger partial charge in [0.05, 0.1) is 15.5 Å². The van der Waals surface area contributed by atoms with Gasteiger partial charge in [-0.15, -0.1) is 0 Å². The first-order valence-corrected chi connectivity index (χ1v) is 8.11. The quantitative estimate of drug-likeness (QED) is 0.679. The van der Waals surface area contributed by atoms with E-state index in [1.165, 1.54) is 18.2 Å². The Morgan fingerprint density at radius 3 is 2.36 bits per heavy atom. The third kappa shape index (κ3) is 3.37. The zero-order valence-corrected chi connectivity index (χ0v) is 13.4. The highest BCUT2D eigenvalue weighted by Crippen LogP contribution is 2.26. The van der Waals surface area contributed by atoms with Crippen LogP contribution in [0.5, 0.6) is 0 Å². The second-order valence-electron chi connectivity index (χ2n) is 4.77. The van der Waals surface area contributed by atoms with E-state index < -0.39 is 14.9 Å². The maximum absolute atomic E-state index is 12.5. The molecule has 2 aromatic carbocycles. The number of nitro benzene ring substituents is 1. The van der Waals surface area contributed by atoms with E-state index in [2.05, 4.69) is 4.72 Å². The number of halogens is 1. The molecule has 0 heterocycles. The maximum atomic E-state index is 12.5. The molecule has 0 radical (unpaired) electrons. The summed E-state index contributed by atoms with van der Waals surface area (Å²) in [6.07, 6.45) is 0. The molecule has 0 spiro atoms. The number of aryl methyl sites for hydroxylation is 2. The number of hydrogen-bond donors (Lipinski definition) is 1. The van der Waals surface area contributed by atoms with Gasteiger partial charge in [-0.3, -0.25) is 14.8 Å². The smallest absolute Gasteiger partial charge is 0.270 e. The molecule has 0 amide bonds. The Kier molecular flexibility index (Phi) is 4.39. The predicted molar refractivity (Wildman–Crippen MR) is 84.8 cm³/mol. The van der Waals surface area contributed by atoms with Crippen molar-refractivity contribution in [3.63, 3.8) is 0 Å². The highest BCUT2D eigenvalue weighted by Gasteiger charge is 2.21. The largest absolute Gasteiger partial charge is 0.279 e. The number of hydrogen-bond acceptors (Lipinski definition) is 4. The lowest BCUT2D eigenvalue weighted by atomic mass is 10.2. The summed E-state index contributed by atoms with van der Waals surface area (Å²) in [5, 5.41) is 11.2. The lowest BCUT2D eigenvalue weighted by Crippen LogP contribution is -2.15. The summed E-state index contributed by atoms with van der Waals surface area (Å²) in [5.74, 6) is 0. The van der Waals surface area contributed by atoms with Crippen LogP contribution in [0.25, 0.3) is 0 Å². The highest BCUT2D eigenvalue weighted by atomic mass is 35.5. The van der Waals surface area contributed by atoms with Gasteiger partial charge in [0.15, 0.2) is 0 Å². The van der Waals surface area contributed by atoms with Gasteiger partial charge in [-0.25, -0.2) is 8.42 Å². The molecule has 0 aliphatic heterocycles. The minimum atomic E-state index is -3.95. The van der Waals surface area contributed by atoms with Crippen molar-refractivity contribution in [2.24, 2.45) is 0 Å². The molecule has 8 heteroatoms. The highest BCUT2D eigenvalue weighted by molar-refractivity contribution is 7.92. The molecule has 22 heavy (non-hydrogen) atoms. The van der Waals surface area contributed by atoms with Crippen LogP contribution in [-0.2, 0) is 10.0 Å². The van der Waals surface area contributed by atoms with E-state index >= 15 is 0 Å². The average Bonchev–Trinajstić information content (AvgIpc) is 2.42. The van der Waals surface area contributed by atoms with Crippen LogP contribution in [0.2, 0.25) is 5.02 Å². The van der Waals surface area contributed by atoms with Gasteiger partial charge in [0, 0.05) is 17.2 Å². The van der Waals surface area contributed by atoms with Gasteiger partial charge in [-0.05, 0) is 37.1 Å². The Labute approximate surface area is 132 Å². The Balaban J connectivity index is 2.49. The number of anilines is 1. The van der Waals surface area contributed by atoms with E-state index in [-0.39, 0.29) is 10.6 Å². The fourth-order valence-corrected chi connectivity index (χ4v) is 3.46. The first kappa shape index (κ1) is 16.3. The number of nitrogens with one attached hydrogen (secondary N) is 1. The molecular weight excluding hydrogens is 328 g/mol. The van der Waals surface area contributed by atoms with Gasteiger partial charge >= 0.3 is 0 Å². The average molecular weight is 341 g/mol. The summed E-state index contributed by atoms with van der Waals surface area (Å²) in [6, 6.07) is 8.52. The normalized spacial score (nSPS) is 11.2. The number of non-ortho nitro benzene ring substituents is 1. The molecular formula is C14H13ClN2O4S. The zero-order valence-electron chi connectivity index (χ0n) is 11.8. The Hall–Kier alpha value is -2.12. The van der Waals surface area contributed by atoms with Crippen LogP contribution in [0.1, 0.15) is 11.1 Å². The summed E-state index contributed by atoms with van der Waals surface area (Å²) in [6.45, 7) is 3.30. The van der Waals surface area contributed by atoms with E-state index in [0.29, 0.717) is 21.8 Å². The first-order chi connectivity index (χ1) is 10.2. The van der Waals surface area contributed by atoms with Crippen molar-refractivity contribution in [2.75, 3.05) is 4.72 Å². The van der Waals surface area contributed by atoms with Crippen LogP contribution in [0, 0.1) is 24.0 Å². The van der Waals surface area contributed by atoms with Crippen LogP contribution in [-0.4, -0.2) is 13.3 Å². The van der Waals surface area contributed by atoms with Crippen molar-refractivity contribution >= 4 is 33.0 Å². The molecule has 0 bridgehead atoms. The van der Waals surface area contributed by atoms with Crippen LogP contribution in [0.15, 0.2) is 41.3 Å². The summed E-state index contributed by atoms with van der Waals surface area (Å²) in [7, 11) is -3.95. The van der Waals surface area contributed by atoms with Crippen molar-refractivity contribution in [1.82, 2.24) is 0 Å². The van der Waals surface area contributed by atoms with Gasteiger partial charge < -0.3 is 0 Å². The predicted octanol–water partition coefficient (Wildman–Crippen LogP) is 3.67. The first-order valence-electron chi connectivity index (χ1n) is 6.25. The summed E-state index contributed by atoms with van der Waals surface area (Å²) >= 11 is 5.87. The monoisotopic (exact) mass is 340 g/mol. The van der Waals surface area contributed by atoms with Crippen molar-refractivity contribution in [3.8, 4) is 0 Å². The number of nitrogens with zero attached hydrogens (tertiary/aromatic N) is 1. The maximum Gasteiger partial charge on any atom is 0.270 e. The third-order valence-electron chi connectivity index (χ3n) is 3.12. The number of nitro groups is 1. The molecule has 6 nitrogen and oxygen atoms in total. The van der Waals surface area contributed by atoms with Gasteiger partial charge in [0.1, 0.15) is 0 Å². The molecule has 0 aliphatic carbocycles. The molecule has 116 valence electrons. The second-order valence-corrected chi connectivity index (χ2v) is 6.86. The van der Waals surface area contributed by atoms with Crippen LogP contribution in [0.3, 0.4) is 0 Å². The Bertz CT molecular complexity index is 850. The molecule has 0 fully saturated rings. The van der Waals surface area contributed by atoms with Crippen LogP contribution < -0.4 is 4.72 Å². The van der Waals surface area contributed by atoms with Gasteiger partial charge in [-0.2, -0.15) is 0 Å². The lowest BCUT2D eigenvalue weighted by Gasteiger charge is -2.12. The van der Waals surface area contributed by atoms with Gasteiger partial charge in [0.2, 0.25) is 0 Å². The van der Waals surface area contributed by atoms with Crippen molar-refractivity contribution in [3.05, 3.63) is 62.7 Å². The SMILES string of the molecule is Cc1ccc(Cl)cc1NS(=O)(=O)c1cc([N+](=O)[O-])ccc1C. The molecule has 0 atom stereocenters. The fraction of sp³-hybridized carbons (Fsp3) is 0.143. The van der Waals surface area contributed by atoms with Gasteiger partial charge in [0.25, 0.3) is 15.7 Å². The molecule has 0 saturated heterocycles. The summed E-state index contributed by atoms with van der Waals surface area (Å²) in [4.78, 5) is 10.0. The van der Waals surface area contributed by atoms with E-state index in [0.717, 1.165) is 6.07 Å². The Morgan fingerprint density at radius 2 is 1.73 bits per heavy atom. The molecule has 0 unspecified atom stereocenters. The zero-order chi connectivity index (χ0) is 16.5. The molecule has 2 rings (SSSR count). The van der Waals surface area contributed by atoms with E-state index in [4.69, 9.17) is 11.6 Å². The third-order valence-corrected chi connectivity index (χ3v) is 4.86. The summed E-state index contributed by atoms with van der Waals surface area (Å²) < 4.78 is 27.4. The fourth-order valence-electron chi connectivity index (χ4n) is 1.90. The number of rotatable bonds is 4. The van der Waals surface area contributed by atoms with Crippen LogP contribution >= 0.6 is 11.6 Å². The topological polar surface area (TPSA) is 89.3 Å². The summed E-state index contributed by atoms with van der Waals surface area (Å²) in [5.41, 5.74) is 1.15. The van der Waals surface area contributed by atoms with Crippen LogP contribution in [0.4, 0.5) is 11.4 Å². The van der Waals surface area contributed by atoms with Crippen molar-refractivity contribution in [2.45, 2.75) is 18.7 Å². The second kappa shape index (κ2) is 5.94. The number of sulfonamides is 1. The van der Waals surface area contributed by atoms with Crippen molar-refractivity contribution < 1.29 is 13.3 Å². The lowest BCUT2D eigenvalue weighted by molar-refractivity contribution is -0.385. The van der Waals surface area contributed by atoms with E-state index in [1.807, 2.05) is 0 Å².